The predicted octanol–water partition coefficient (Wildman–Crippen LogP) is 5.26. The molecule has 1 aromatic heterocycles. The Hall–Kier alpha value is -2.67. The number of benzene rings is 2. The Kier molecular flexibility index (Phi) is 6.94. The van der Waals surface area contributed by atoms with Crippen molar-refractivity contribution in [3.63, 3.8) is 0 Å². The third-order valence-corrected chi connectivity index (χ3v) is 5.95. The van der Waals surface area contributed by atoms with Gasteiger partial charge in [0.05, 0.1) is 44.5 Å². The van der Waals surface area contributed by atoms with Crippen LogP contribution in [0.1, 0.15) is 22.3 Å². The van der Waals surface area contributed by atoms with Crippen LogP contribution < -0.4 is 5.32 Å². The van der Waals surface area contributed by atoms with Crippen LogP contribution in [0.3, 0.4) is 0 Å². The van der Waals surface area contributed by atoms with Crippen LogP contribution in [-0.4, -0.2) is 48.4 Å². The van der Waals surface area contributed by atoms with Crippen LogP contribution in [0.5, 0.6) is 0 Å². The van der Waals surface area contributed by atoms with Gasteiger partial charge in [-0.2, -0.15) is 0 Å². The van der Waals surface area contributed by atoms with Gasteiger partial charge in [-0.1, -0.05) is 41.4 Å². The first-order valence-electron chi connectivity index (χ1n) is 10.8. The summed E-state index contributed by atoms with van der Waals surface area (Å²) >= 11 is 6.57. The van der Waals surface area contributed by atoms with Gasteiger partial charge in [0.25, 0.3) is 0 Å². The van der Waals surface area contributed by atoms with Crippen molar-refractivity contribution in [2.75, 3.05) is 31.7 Å². The molecule has 1 fully saturated rings. The predicted molar refractivity (Wildman–Crippen MR) is 127 cm³/mol. The number of carbonyl (C=O) groups excluding carboxylic acids is 1. The van der Waals surface area contributed by atoms with Gasteiger partial charge in [-0.05, 0) is 50.1 Å². The zero-order valence-electron chi connectivity index (χ0n) is 18.7. The average molecular weight is 454 g/mol. The molecule has 0 radical (unpaired) electrons. The quantitative estimate of drug-likeness (QED) is 0.535. The molecule has 2 aromatic carbocycles. The van der Waals surface area contributed by atoms with Gasteiger partial charge in [-0.25, -0.2) is 9.78 Å². The van der Waals surface area contributed by atoms with Gasteiger partial charge in [-0.15, -0.1) is 0 Å². The number of rotatable bonds is 5. The molecule has 168 valence electrons. The van der Waals surface area contributed by atoms with Crippen LogP contribution in [0, 0.1) is 20.8 Å². The molecule has 6 nitrogen and oxygen atoms in total. The third-order valence-electron chi connectivity index (χ3n) is 5.62. The van der Waals surface area contributed by atoms with Gasteiger partial charge in [0.2, 0.25) is 0 Å². The molecular weight excluding hydrogens is 426 g/mol. The standard InChI is InChI=1S/C25H28ClN3O3/c1-16-10-18(3)23-19(11-16)12-20(24(26)28-23)13-29(14-21-15-31-8-9-32-21)25(30)27-22-7-5-4-6-17(22)2/h4-7,10-12,21H,8-9,13-15H2,1-3H3,(H,27,30)/t21-/m1/s1. The summed E-state index contributed by atoms with van der Waals surface area (Å²) in [4.78, 5) is 19.6. The minimum absolute atomic E-state index is 0.192. The second-order valence-electron chi connectivity index (χ2n) is 8.29. The number of ether oxygens (including phenoxy) is 2. The molecule has 0 bridgehead atoms. The van der Waals surface area contributed by atoms with Crippen molar-refractivity contribution in [1.29, 1.82) is 0 Å². The van der Waals surface area contributed by atoms with E-state index in [0.717, 1.165) is 38.8 Å². The molecule has 1 N–H and O–H groups in total. The zero-order valence-corrected chi connectivity index (χ0v) is 19.4. The first-order valence-corrected chi connectivity index (χ1v) is 11.2. The van der Waals surface area contributed by atoms with Gasteiger partial charge < -0.3 is 19.7 Å². The van der Waals surface area contributed by atoms with E-state index in [4.69, 9.17) is 21.1 Å². The van der Waals surface area contributed by atoms with E-state index in [1.54, 1.807) is 4.90 Å². The number of nitrogens with one attached hydrogen (secondary N) is 1. The molecule has 0 saturated carbocycles. The normalized spacial score (nSPS) is 16.2. The lowest BCUT2D eigenvalue weighted by molar-refractivity contribution is -0.0943. The highest BCUT2D eigenvalue weighted by molar-refractivity contribution is 6.30. The lowest BCUT2D eigenvalue weighted by Crippen LogP contribution is -2.44. The molecule has 1 aliphatic rings. The summed E-state index contributed by atoms with van der Waals surface area (Å²) in [6.45, 7) is 8.30. The lowest BCUT2D eigenvalue weighted by atomic mass is 10.1. The molecule has 0 aliphatic carbocycles. The summed E-state index contributed by atoms with van der Waals surface area (Å²) in [5.41, 5.74) is 5.68. The number of fused-ring (bicyclic) bond motifs is 1. The SMILES string of the molecule is Cc1cc(C)c2nc(Cl)c(CN(C[C@@H]3COCCO3)C(=O)Nc3ccccc3C)cc2c1. The van der Waals surface area contributed by atoms with Crippen LogP contribution in [-0.2, 0) is 16.0 Å². The first kappa shape index (κ1) is 22.5. The number of nitrogens with zero attached hydrogens (tertiary/aromatic N) is 2. The Balaban J connectivity index is 1.62. The van der Waals surface area contributed by atoms with Gasteiger partial charge in [0.1, 0.15) is 5.15 Å². The van der Waals surface area contributed by atoms with Crippen LogP contribution in [0.4, 0.5) is 10.5 Å². The topological polar surface area (TPSA) is 63.7 Å². The van der Waals surface area contributed by atoms with E-state index < -0.39 is 0 Å². The largest absolute Gasteiger partial charge is 0.376 e. The Bertz CT molecular complexity index is 1130. The second-order valence-corrected chi connectivity index (χ2v) is 8.64. The highest BCUT2D eigenvalue weighted by Crippen LogP contribution is 2.26. The molecule has 3 aromatic rings. The second kappa shape index (κ2) is 9.86. The van der Waals surface area contributed by atoms with E-state index in [2.05, 4.69) is 29.4 Å². The fraction of sp³-hybridized carbons (Fsp3) is 0.360. The summed E-state index contributed by atoms with van der Waals surface area (Å²) in [7, 11) is 0. The molecule has 1 aliphatic heterocycles. The Labute approximate surface area is 193 Å². The molecule has 32 heavy (non-hydrogen) atoms. The van der Waals surface area contributed by atoms with E-state index >= 15 is 0 Å². The molecular formula is C25H28ClN3O3. The monoisotopic (exact) mass is 453 g/mol. The molecule has 1 saturated heterocycles. The number of carbonyl (C=O) groups is 1. The molecule has 2 heterocycles. The van der Waals surface area contributed by atoms with Crippen molar-refractivity contribution < 1.29 is 14.3 Å². The Morgan fingerprint density at radius 3 is 2.72 bits per heavy atom. The van der Waals surface area contributed by atoms with Gasteiger partial charge in [0, 0.05) is 16.6 Å². The van der Waals surface area contributed by atoms with E-state index in [9.17, 15) is 4.79 Å². The van der Waals surface area contributed by atoms with Crippen molar-refractivity contribution >= 4 is 34.2 Å². The van der Waals surface area contributed by atoms with Crippen LogP contribution in [0.15, 0.2) is 42.5 Å². The number of halogens is 1. The number of pyridine rings is 1. The third kappa shape index (κ3) is 5.21. The number of aromatic nitrogens is 1. The number of para-hydroxylation sites is 1. The molecule has 2 amide bonds. The molecule has 4 rings (SSSR count). The summed E-state index contributed by atoms with van der Waals surface area (Å²) in [6, 6.07) is 13.7. The number of urea groups is 1. The number of hydrogen-bond acceptors (Lipinski definition) is 4. The molecule has 0 unspecified atom stereocenters. The minimum atomic E-state index is -0.218. The van der Waals surface area contributed by atoms with Gasteiger partial charge in [0.15, 0.2) is 0 Å². The fourth-order valence-corrected chi connectivity index (χ4v) is 4.20. The summed E-state index contributed by atoms with van der Waals surface area (Å²) in [5, 5.41) is 4.44. The summed E-state index contributed by atoms with van der Waals surface area (Å²) in [5.74, 6) is 0. The molecule has 0 spiro atoms. The lowest BCUT2D eigenvalue weighted by Gasteiger charge is -2.30. The van der Waals surface area contributed by atoms with Crippen LogP contribution in [0.2, 0.25) is 5.15 Å². The van der Waals surface area contributed by atoms with E-state index in [-0.39, 0.29) is 12.1 Å². The maximum atomic E-state index is 13.3. The van der Waals surface area contributed by atoms with Crippen molar-refractivity contribution in [2.45, 2.75) is 33.4 Å². The Morgan fingerprint density at radius 2 is 1.97 bits per heavy atom. The van der Waals surface area contributed by atoms with Crippen molar-refractivity contribution in [3.8, 4) is 0 Å². The summed E-state index contributed by atoms with van der Waals surface area (Å²) in [6.07, 6.45) is -0.192. The van der Waals surface area contributed by atoms with Gasteiger partial charge >= 0.3 is 6.03 Å². The molecule has 1 atom stereocenters. The van der Waals surface area contributed by atoms with E-state index in [0.29, 0.717) is 38.1 Å². The number of amides is 2. The van der Waals surface area contributed by atoms with E-state index in [1.165, 1.54) is 0 Å². The average Bonchev–Trinajstić information content (AvgIpc) is 2.76. The Morgan fingerprint density at radius 1 is 1.16 bits per heavy atom. The number of aryl methyl sites for hydroxylation is 3. The smallest absolute Gasteiger partial charge is 0.322 e. The van der Waals surface area contributed by atoms with Crippen molar-refractivity contribution in [1.82, 2.24) is 9.88 Å². The van der Waals surface area contributed by atoms with Crippen LogP contribution >= 0.6 is 11.6 Å². The van der Waals surface area contributed by atoms with Gasteiger partial charge in [-0.3, -0.25) is 0 Å². The maximum absolute atomic E-state index is 13.3. The van der Waals surface area contributed by atoms with Crippen molar-refractivity contribution in [2.24, 2.45) is 0 Å². The fourth-order valence-electron chi connectivity index (χ4n) is 4.00. The van der Waals surface area contributed by atoms with E-state index in [1.807, 2.05) is 44.2 Å². The zero-order chi connectivity index (χ0) is 22.7. The maximum Gasteiger partial charge on any atom is 0.322 e. The molecule has 7 heteroatoms. The van der Waals surface area contributed by atoms with Crippen LogP contribution in [0.25, 0.3) is 10.9 Å². The highest BCUT2D eigenvalue weighted by Gasteiger charge is 2.24. The first-order chi connectivity index (χ1) is 15.4. The minimum Gasteiger partial charge on any atom is -0.376 e. The highest BCUT2D eigenvalue weighted by atomic mass is 35.5. The summed E-state index contributed by atoms with van der Waals surface area (Å²) < 4.78 is 11.3. The number of hydrogen-bond donors (Lipinski definition) is 1. The number of anilines is 1. The van der Waals surface area contributed by atoms with Crippen molar-refractivity contribution in [3.05, 3.63) is 69.9 Å².